The Bertz CT molecular complexity index is 3020. The summed E-state index contributed by atoms with van der Waals surface area (Å²) >= 11 is 0. The molecule has 0 aliphatic carbocycles. The maximum Gasteiger partial charge on any atom is 0.252 e. The molecule has 0 N–H and O–H groups in total. The summed E-state index contributed by atoms with van der Waals surface area (Å²) in [5, 5.41) is 10.0. The Kier molecular flexibility index (Phi) is 6.46. The summed E-state index contributed by atoms with van der Waals surface area (Å²) in [5.41, 5.74) is 13.5. The average Bonchev–Trinajstić information content (AvgIpc) is 3.24. The zero-order valence-corrected chi connectivity index (χ0v) is 30.0. The van der Waals surface area contributed by atoms with Gasteiger partial charge in [-0.3, -0.25) is 0 Å². The molecule has 0 atom stereocenters. The Morgan fingerprint density at radius 3 is 1.16 bits per heavy atom. The SMILES string of the molecule is c1ccc(N2c3cc4ccccc4cc3B3c4cc5ccccc5cc4N(c4ccccc4)c4cc(-c5ccc6cc7ccccc7cc6c5)cc2c43)cc1. The summed E-state index contributed by atoms with van der Waals surface area (Å²) in [7, 11) is 0. The second-order valence-corrected chi connectivity index (χ2v) is 15.0. The molecule has 2 aliphatic heterocycles. The molecule has 2 aliphatic rings. The molecule has 0 amide bonds. The van der Waals surface area contributed by atoms with Crippen LogP contribution in [0.3, 0.4) is 0 Å². The third-order valence-corrected chi connectivity index (χ3v) is 11.9. The standard InChI is InChI=1S/C52H33BN2/c1-3-19-44(20-4-1)54-48-30-38-17-11-9-15-36(38)28-46(48)53-47-29-37-16-10-12-18-39(37)31-49(47)55(45-21-5-2-6-22-45)51-33-43(32-50(54)52(51)53)41-24-23-40-25-34-13-7-8-14-35(34)26-42(40)27-41/h1-33H. The number of hydrogen-bond acceptors (Lipinski definition) is 2. The number of rotatable bonds is 3. The Hall–Kier alpha value is -7.10. The molecule has 2 nitrogen and oxygen atoms in total. The minimum absolute atomic E-state index is 0.0288. The van der Waals surface area contributed by atoms with E-state index >= 15 is 0 Å². The molecular formula is C52H33BN2. The van der Waals surface area contributed by atoms with E-state index < -0.39 is 0 Å². The van der Waals surface area contributed by atoms with Gasteiger partial charge in [-0.15, -0.1) is 0 Å². The predicted molar refractivity (Wildman–Crippen MR) is 236 cm³/mol. The quantitative estimate of drug-likeness (QED) is 0.134. The van der Waals surface area contributed by atoms with Gasteiger partial charge in [0.05, 0.1) is 0 Å². The molecule has 10 aromatic rings. The van der Waals surface area contributed by atoms with E-state index in [2.05, 4.69) is 210 Å². The van der Waals surface area contributed by atoms with Crippen LogP contribution in [-0.4, -0.2) is 6.71 Å². The van der Waals surface area contributed by atoms with Crippen molar-refractivity contribution in [1.29, 1.82) is 0 Å². The second kappa shape index (κ2) is 11.7. The van der Waals surface area contributed by atoms with Crippen LogP contribution < -0.4 is 26.2 Å². The molecule has 0 saturated heterocycles. The van der Waals surface area contributed by atoms with Gasteiger partial charge in [-0.25, -0.2) is 0 Å². The van der Waals surface area contributed by atoms with E-state index in [0.717, 1.165) is 11.4 Å². The molecule has 0 unspecified atom stereocenters. The van der Waals surface area contributed by atoms with Crippen LogP contribution in [0.4, 0.5) is 34.1 Å². The monoisotopic (exact) mass is 696 g/mol. The smallest absolute Gasteiger partial charge is 0.252 e. The van der Waals surface area contributed by atoms with E-state index in [1.54, 1.807) is 0 Å². The van der Waals surface area contributed by atoms with E-state index in [4.69, 9.17) is 0 Å². The van der Waals surface area contributed by atoms with E-state index in [1.807, 2.05) is 0 Å². The number of nitrogens with zero attached hydrogens (tertiary/aromatic N) is 2. The van der Waals surface area contributed by atoms with Gasteiger partial charge >= 0.3 is 0 Å². The molecular weight excluding hydrogens is 663 g/mol. The first-order chi connectivity index (χ1) is 27.2. The van der Waals surface area contributed by atoms with Crippen LogP contribution >= 0.6 is 0 Å². The molecule has 0 aromatic heterocycles. The van der Waals surface area contributed by atoms with Crippen LogP contribution in [0.25, 0.3) is 54.2 Å². The average molecular weight is 697 g/mol. The van der Waals surface area contributed by atoms with Crippen molar-refractivity contribution in [3.05, 3.63) is 200 Å². The summed E-state index contributed by atoms with van der Waals surface area (Å²) in [6.07, 6.45) is 0. The summed E-state index contributed by atoms with van der Waals surface area (Å²) in [6, 6.07) is 74.4. The maximum atomic E-state index is 2.52. The molecule has 0 spiro atoms. The van der Waals surface area contributed by atoms with Crippen LogP contribution in [0, 0.1) is 0 Å². The molecule has 55 heavy (non-hydrogen) atoms. The van der Waals surface area contributed by atoms with Gasteiger partial charge in [-0.2, -0.15) is 0 Å². The Morgan fingerprint density at radius 1 is 0.273 bits per heavy atom. The van der Waals surface area contributed by atoms with Gasteiger partial charge in [-0.1, -0.05) is 133 Å². The van der Waals surface area contributed by atoms with E-state index in [9.17, 15) is 0 Å². The normalized spacial score (nSPS) is 13.0. The van der Waals surface area contributed by atoms with Gasteiger partial charge in [0.15, 0.2) is 0 Å². The van der Waals surface area contributed by atoms with Gasteiger partial charge < -0.3 is 9.80 Å². The lowest BCUT2D eigenvalue weighted by atomic mass is 9.33. The van der Waals surface area contributed by atoms with Crippen molar-refractivity contribution >= 4 is 100 Å². The van der Waals surface area contributed by atoms with Gasteiger partial charge in [0.1, 0.15) is 0 Å². The van der Waals surface area contributed by atoms with Crippen molar-refractivity contribution in [1.82, 2.24) is 0 Å². The van der Waals surface area contributed by atoms with Gasteiger partial charge in [0.25, 0.3) is 6.71 Å². The summed E-state index contributed by atoms with van der Waals surface area (Å²) < 4.78 is 0. The fourth-order valence-corrected chi connectivity index (χ4v) is 9.37. The number of hydrogen-bond donors (Lipinski definition) is 0. The largest absolute Gasteiger partial charge is 0.311 e. The molecule has 0 radical (unpaired) electrons. The van der Waals surface area contributed by atoms with Crippen LogP contribution in [-0.2, 0) is 0 Å². The van der Waals surface area contributed by atoms with Crippen LogP contribution in [0.15, 0.2) is 200 Å². The van der Waals surface area contributed by atoms with Crippen LogP contribution in [0.2, 0.25) is 0 Å². The highest BCUT2D eigenvalue weighted by molar-refractivity contribution is 7.00. The first kappa shape index (κ1) is 30.4. The second-order valence-electron chi connectivity index (χ2n) is 15.0. The Labute approximate surface area is 320 Å². The van der Waals surface area contributed by atoms with E-state index in [0.29, 0.717) is 0 Å². The molecule has 0 fully saturated rings. The zero-order valence-electron chi connectivity index (χ0n) is 30.0. The molecule has 0 saturated carbocycles. The van der Waals surface area contributed by atoms with E-state index in [-0.39, 0.29) is 6.71 Å². The van der Waals surface area contributed by atoms with Crippen LogP contribution in [0.5, 0.6) is 0 Å². The minimum atomic E-state index is 0.0288. The molecule has 2 heterocycles. The summed E-state index contributed by atoms with van der Waals surface area (Å²) in [5.74, 6) is 0. The Balaban J connectivity index is 1.21. The number of benzene rings is 10. The first-order valence-electron chi connectivity index (χ1n) is 19.1. The summed E-state index contributed by atoms with van der Waals surface area (Å²) in [6.45, 7) is 0.0288. The van der Waals surface area contributed by atoms with Gasteiger partial charge in [0, 0.05) is 34.1 Å². The van der Waals surface area contributed by atoms with Crippen LogP contribution in [0.1, 0.15) is 0 Å². The molecule has 12 rings (SSSR count). The lowest BCUT2D eigenvalue weighted by Gasteiger charge is -2.44. The fourth-order valence-electron chi connectivity index (χ4n) is 9.37. The highest BCUT2D eigenvalue weighted by Gasteiger charge is 2.44. The Morgan fingerprint density at radius 2 is 0.673 bits per heavy atom. The number of anilines is 6. The van der Waals surface area contributed by atoms with E-state index in [1.165, 1.54) is 93.4 Å². The summed E-state index contributed by atoms with van der Waals surface area (Å²) in [4.78, 5) is 5.04. The lowest BCUT2D eigenvalue weighted by molar-refractivity contribution is 1.26. The van der Waals surface area contributed by atoms with Crippen molar-refractivity contribution in [2.75, 3.05) is 9.80 Å². The lowest BCUT2D eigenvalue weighted by Crippen LogP contribution is -2.61. The topological polar surface area (TPSA) is 6.48 Å². The van der Waals surface area contributed by atoms with Crippen molar-refractivity contribution in [2.45, 2.75) is 0 Å². The van der Waals surface area contributed by atoms with Gasteiger partial charge in [0.2, 0.25) is 0 Å². The number of para-hydroxylation sites is 2. The van der Waals surface area contributed by atoms with Crippen molar-refractivity contribution in [2.24, 2.45) is 0 Å². The van der Waals surface area contributed by atoms with Crippen molar-refractivity contribution < 1.29 is 0 Å². The molecule has 10 aromatic carbocycles. The molecule has 0 bridgehead atoms. The predicted octanol–water partition coefficient (Wildman–Crippen LogP) is 12.0. The van der Waals surface area contributed by atoms with Crippen molar-refractivity contribution in [3.63, 3.8) is 0 Å². The highest BCUT2D eigenvalue weighted by Crippen LogP contribution is 2.47. The van der Waals surface area contributed by atoms with Crippen molar-refractivity contribution in [3.8, 4) is 11.1 Å². The van der Waals surface area contributed by atoms with Gasteiger partial charge in [-0.05, 0) is 137 Å². The third-order valence-electron chi connectivity index (χ3n) is 11.9. The highest BCUT2D eigenvalue weighted by atomic mass is 15.2. The minimum Gasteiger partial charge on any atom is -0.311 e. The fraction of sp³-hybridized carbons (Fsp3) is 0. The third kappa shape index (κ3) is 4.63. The molecule has 254 valence electrons. The first-order valence-corrected chi connectivity index (χ1v) is 19.1. The molecule has 3 heteroatoms. The maximum absolute atomic E-state index is 2.52. The number of fused-ring (bicyclic) bond motifs is 8. The zero-order chi connectivity index (χ0) is 36.0.